The first kappa shape index (κ1) is 12.4. The van der Waals surface area contributed by atoms with Gasteiger partial charge >= 0.3 is 0 Å². The van der Waals surface area contributed by atoms with Crippen LogP contribution in [0.1, 0.15) is 51.0 Å². The Kier molecular flexibility index (Phi) is 4.06. The van der Waals surface area contributed by atoms with E-state index in [4.69, 9.17) is 4.74 Å². The Morgan fingerprint density at radius 3 is 3.00 bits per heavy atom. The molecule has 1 N–H and O–H groups in total. The topological polar surface area (TPSA) is 64.9 Å². The molecule has 6 heteroatoms. The standard InChI is InChI=1S/C11H21N5O/c1-4-12-8(2)11-13-14-15-16(11)9-5-6-10(7-9)17-3/h8-10,12H,4-7H2,1-3H3. The van der Waals surface area contributed by atoms with Crippen LogP contribution in [0.25, 0.3) is 0 Å². The third-order valence-electron chi connectivity index (χ3n) is 3.45. The van der Waals surface area contributed by atoms with Crippen molar-refractivity contribution in [3.63, 3.8) is 0 Å². The van der Waals surface area contributed by atoms with Crippen molar-refractivity contribution in [1.29, 1.82) is 0 Å². The molecule has 17 heavy (non-hydrogen) atoms. The lowest BCUT2D eigenvalue weighted by Gasteiger charge is -2.16. The number of methoxy groups -OCH3 is 1. The lowest BCUT2D eigenvalue weighted by Crippen LogP contribution is -2.23. The zero-order chi connectivity index (χ0) is 12.3. The predicted octanol–water partition coefficient (Wildman–Crippen LogP) is 1.08. The third-order valence-corrected chi connectivity index (χ3v) is 3.45. The van der Waals surface area contributed by atoms with E-state index in [9.17, 15) is 0 Å². The monoisotopic (exact) mass is 239 g/mol. The summed E-state index contributed by atoms with van der Waals surface area (Å²) in [5.74, 6) is 0.925. The smallest absolute Gasteiger partial charge is 0.168 e. The molecule has 1 heterocycles. The number of tetrazole rings is 1. The van der Waals surface area contributed by atoms with Crippen molar-refractivity contribution in [1.82, 2.24) is 25.5 Å². The van der Waals surface area contributed by atoms with E-state index in [0.29, 0.717) is 12.1 Å². The summed E-state index contributed by atoms with van der Waals surface area (Å²) < 4.78 is 7.35. The normalized spacial score (nSPS) is 26.3. The van der Waals surface area contributed by atoms with E-state index < -0.39 is 0 Å². The van der Waals surface area contributed by atoms with Crippen molar-refractivity contribution in [2.45, 2.75) is 51.3 Å². The molecule has 1 aromatic rings. The van der Waals surface area contributed by atoms with Gasteiger partial charge in [-0.1, -0.05) is 6.92 Å². The molecule has 0 bridgehead atoms. The van der Waals surface area contributed by atoms with Gasteiger partial charge < -0.3 is 10.1 Å². The Labute approximate surface area is 102 Å². The fraction of sp³-hybridized carbons (Fsp3) is 0.909. The Morgan fingerprint density at radius 2 is 2.35 bits per heavy atom. The molecule has 0 spiro atoms. The Morgan fingerprint density at radius 1 is 1.53 bits per heavy atom. The molecule has 3 atom stereocenters. The summed E-state index contributed by atoms with van der Waals surface area (Å²) in [6, 6.07) is 0.572. The van der Waals surface area contributed by atoms with Crippen LogP contribution in [-0.2, 0) is 4.74 Å². The van der Waals surface area contributed by atoms with Crippen LogP contribution < -0.4 is 5.32 Å². The first-order valence-corrected chi connectivity index (χ1v) is 6.30. The fourth-order valence-corrected chi connectivity index (χ4v) is 2.50. The van der Waals surface area contributed by atoms with Crippen molar-refractivity contribution in [3.8, 4) is 0 Å². The summed E-state index contributed by atoms with van der Waals surface area (Å²) in [4.78, 5) is 0. The number of rotatable bonds is 5. The van der Waals surface area contributed by atoms with Gasteiger partial charge in [-0.25, -0.2) is 4.68 Å². The van der Waals surface area contributed by atoms with E-state index in [2.05, 4.69) is 34.7 Å². The van der Waals surface area contributed by atoms with E-state index >= 15 is 0 Å². The summed E-state index contributed by atoms with van der Waals surface area (Å²) in [6.07, 6.45) is 3.55. The number of hydrogen-bond acceptors (Lipinski definition) is 5. The molecule has 3 unspecified atom stereocenters. The molecule has 96 valence electrons. The zero-order valence-corrected chi connectivity index (χ0v) is 10.8. The molecule has 0 amide bonds. The van der Waals surface area contributed by atoms with Crippen LogP contribution in [0.5, 0.6) is 0 Å². The number of aromatic nitrogens is 4. The van der Waals surface area contributed by atoms with Crippen LogP contribution in [0.4, 0.5) is 0 Å². The maximum Gasteiger partial charge on any atom is 0.168 e. The molecule has 1 aromatic heterocycles. The molecule has 1 fully saturated rings. The molecule has 6 nitrogen and oxygen atoms in total. The molecule has 0 saturated heterocycles. The average molecular weight is 239 g/mol. The lowest BCUT2D eigenvalue weighted by molar-refractivity contribution is 0.105. The molecule has 0 aromatic carbocycles. The minimum atomic E-state index is 0.191. The van der Waals surface area contributed by atoms with Crippen molar-refractivity contribution < 1.29 is 4.74 Å². The highest BCUT2D eigenvalue weighted by Crippen LogP contribution is 2.32. The highest BCUT2D eigenvalue weighted by Gasteiger charge is 2.29. The summed E-state index contributed by atoms with van der Waals surface area (Å²) >= 11 is 0. The summed E-state index contributed by atoms with van der Waals surface area (Å²) in [6.45, 7) is 5.09. The summed E-state index contributed by atoms with van der Waals surface area (Å²) in [5.41, 5.74) is 0. The summed E-state index contributed by atoms with van der Waals surface area (Å²) in [5, 5.41) is 15.4. The quantitative estimate of drug-likeness (QED) is 0.833. The first-order valence-electron chi connectivity index (χ1n) is 6.30. The van der Waals surface area contributed by atoms with E-state index in [0.717, 1.165) is 31.6 Å². The maximum absolute atomic E-state index is 5.39. The number of nitrogens with one attached hydrogen (secondary N) is 1. The largest absolute Gasteiger partial charge is 0.381 e. The molecule has 0 aliphatic heterocycles. The molecular weight excluding hydrogens is 218 g/mol. The van der Waals surface area contributed by atoms with Gasteiger partial charge in [0, 0.05) is 7.11 Å². The Hall–Kier alpha value is -1.01. The SMILES string of the molecule is CCNC(C)c1nnnn1C1CCC(OC)C1. The van der Waals surface area contributed by atoms with Gasteiger partial charge in [0.2, 0.25) is 0 Å². The maximum atomic E-state index is 5.39. The highest BCUT2D eigenvalue weighted by molar-refractivity contribution is 4.94. The van der Waals surface area contributed by atoms with Crippen LogP contribution >= 0.6 is 0 Å². The molecule has 1 aliphatic rings. The second-order valence-corrected chi connectivity index (χ2v) is 4.59. The van der Waals surface area contributed by atoms with E-state index in [-0.39, 0.29) is 6.04 Å². The Bertz CT molecular complexity index is 353. The zero-order valence-electron chi connectivity index (χ0n) is 10.8. The van der Waals surface area contributed by atoms with Gasteiger partial charge in [-0.3, -0.25) is 0 Å². The minimum Gasteiger partial charge on any atom is -0.381 e. The van der Waals surface area contributed by atoms with E-state index in [1.807, 2.05) is 4.68 Å². The number of ether oxygens (including phenoxy) is 1. The van der Waals surface area contributed by atoms with Crippen LogP contribution in [0.15, 0.2) is 0 Å². The Balaban J connectivity index is 2.08. The first-order chi connectivity index (χ1) is 8.26. The van der Waals surface area contributed by atoms with E-state index in [1.165, 1.54) is 0 Å². The molecule has 2 rings (SSSR count). The average Bonchev–Trinajstić information content (AvgIpc) is 2.97. The summed E-state index contributed by atoms with van der Waals surface area (Å²) in [7, 11) is 1.77. The van der Waals surface area contributed by atoms with Gasteiger partial charge in [-0.05, 0) is 43.2 Å². The van der Waals surface area contributed by atoms with Gasteiger partial charge in [0.25, 0.3) is 0 Å². The second kappa shape index (κ2) is 5.55. The third kappa shape index (κ3) is 2.63. The van der Waals surface area contributed by atoms with Gasteiger partial charge in [0.15, 0.2) is 5.82 Å². The van der Waals surface area contributed by atoms with Crippen LogP contribution in [-0.4, -0.2) is 40.0 Å². The van der Waals surface area contributed by atoms with E-state index in [1.54, 1.807) is 7.11 Å². The van der Waals surface area contributed by atoms with Crippen LogP contribution in [0.2, 0.25) is 0 Å². The van der Waals surface area contributed by atoms with Crippen LogP contribution in [0.3, 0.4) is 0 Å². The lowest BCUT2D eigenvalue weighted by atomic mass is 10.2. The van der Waals surface area contributed by atoms with Crippen molar-refractivity contribution in [2.75, 3.05) is 13.7 Å². The van der Waals surface area contributed by atoms with Crippen molar-refractivity contribution >= 4 is 0 Å². The van der Waals surface area contributed by atoms with Crippen molar-refractivity contribution in [3.05, 3.63) is 5.82 Å². The molecule has 0 radical (unpaired) electrons. The van der Waals surface area contributed by atoms with Crippen molar-refractivity contribution in [2.24, 2.45) is 0 Å². The van der Waals surface area contributed by atoms with Gasteiger partial charge in [-0.2, -0.15) is 0 Å². The highest BCUT2D eigenvalue weighted by atomic mass is 16.5. The van der Waals surface area contributed by atoms with Crippen LogP contribution in [0, 0.1) is 0 Å². The fourth-order valence-electron chi connectivity index (χ4n) is 2.50. The van der Waals surface area contributed by atoms with Gasteiger partial charge in [-0.15, -0.1) is 5.10 Å². The molecule has 1 saturated carbocycles. The second-order valence-electron chi connectivity index (χ2n) is 4.59. The molecular formula is C11H21N5O. The predicted molar refractivity (Wildman–Crippen MR) is 63.6 cm³/mol. The minimum absolute atomic E-state index is 0.191. The number of hydrogen-bond donors (Lipinski definition) is 1. The number of nitrogens with zero attached hydrogens (tertiary/aromatic N) is 4. The van der Waals surface area contributed by atoms with Gasteiger partial charge in [0.1, 0.15) is 0 Å². The molecule has 1 aliphatic carbocycles. The van der Waals surface area contributed by atoms with Gasteiger partial charge in [0.05, 0.1) is 18.2 Å².